The van der Waals surface area contributed by atoms with Gasteiger partial charge in [-0.15, -0.1) is 0 Å². The molecule has 0 aromatic carbocycles. The van der Waals surface area contributed by atoms with Gasteiger partial charge in [0.25, 0.3) is 0 Å². The fourth-order valence-electron chi connectivity index (χ4n) is 13.4. The van der Waals surface area contributed by atoms with Crippen LogP contribution in [0.1, 0.15) is 322 Å². The van der Waals surface area contributed by atoms with Crippen molar-refractivity contribution in [1.82, 2.24) is 5.32 Å². The molecule has 0 aliphatic carbocycles. The van der Waals surface area contributed by atoms with E-state index in [0.717, 1.165) is 44.9 Å². The van der Waals surface area contributed by atoms with Crippen LogP contribution in [0.2, 0.25) is 0 Å². The van der Waals surface area contributed by atoms with Crippen LogP contribution in [-0.4, -0.2) is 193 Å². The van der Waals surface area contributed by atoms with Gasteiger partial charge in [-0.3, -0.25) is 4.79 Å². The summed E-state index contributed by atoms with van der Waals surface area (Å²) in [6, 6.07) is -0.882. The summed E-state index contributed by atoms with van der Waals surface area (Å²) >= 11 is 0. The fourth-order valence-corrected chi connectivity index (χ4v) is 13.4. The van der Waals surface area contributed by atoms with E-state index in [9.17, 15) is 61.0 Å². The van der Waals surface area contributed by atoms with Crippen LogP contribution in [-0.2, 0) is 33.2 Å². The van der Waals surface area contributed by atoms with Crippen molar-refractivity contribution in [3.8, 4) is 0 Å². The van der Waals surface area contributed by atoms with E-state index in [-0.39, 0.29) is 18.9 Å². The summed E-state index contributed by atoms with van der Waals surface area (Å²) in [4.78, 5) is 13.4. The number of allylic oxidation sites excluding steroid dienone is 2. The number of carbonyl (C=O) groups excluding carboxylic acids is 1. The van der Waals surface area contributed by atoms with Gasteiger partial charge in [-0.1, -0.05) is 289 Å². The number of hydrogen-bond donors (Lipinski definition) is 12. The summed E-state index contributed by atoms with van der Waals surface area (Å²) in [6.07, 6.45) is 37.8. The third-order valence-electron chi connectivity index (χ3n) is 19.6. The third kappa shape index (κ3) is 37.5. The molecular weight excluding hydrogens is 1190 g/mol. The van der Waals surface area contributed by atoms with Crippen molar-refractivity contribution in [3.05, 3.63) is 12.2 Å². The van der Waals surface area contributed by atoms with Gasteiger partial charge in [0.1, 0.15) is 73.2 Å². The predicted molar refractivity (Wildman–Crippen MR) is 365 cm³/mol. The van der Waals surface area contributed by atoms with Gasteiger partial charge < -0.3 is 89.9 Å². The topological polar surface area (TPSA) is 307 Å². The lowest BCUT2D eigenvalue weighted by molar-refractivity contribution is -0.379. The van der Waals surface area contributed by atoms with Gasteiger partial charge in [0.05, 0.1) is 38.6 Å². The van der Waals surface area contributed by atoms with Crippen LogP contribution >= 0.6 is 0 Å². The number of aliphatic hydroxyl groups excluding tert-OH is 11. The van der Waals surface area contributed by atoms with Crippen molar-refractivity contribution in [2.45, 2.75) is 426 Å². The minimum Gasteiger partial charge on any atom is -0.394 e. The Bertz CT molecular complexity index is 1730. The number of unbranched alkanes of at least 4 members (excludes halogenated alkanes) is 43. The number of hydrogen-bond acceptors (Lipinski definition) is 18. The lowest BCUT2D eigenvalue weighted by atomic mass is 9.96. The number of amides is 1. The molecule has 0 bridgehead atoms. The molecule has 17 unspecified atom stereocenters. The lowest BCUT2D eigenvalue weighted by Crippen LogP contribution is -2.66. The van der Waals surface area contributed by atoms with E-state index in [1.165, 1.54) is 244 Å². The maximum Gasteiger partial charge on any atom is 0.220 e. The minimum absolute atomic E-state index is 0.237. The number of ether oxygens (including phenoxy) is 6. The second-order valence-corrected chi connectivity index (χ2v) is 27.8. The molecule has 19 nitrogen and oxygen atoms in total. The molecule has 0 aromatic rings. The summed E-state index contributed by atoms with van der Waals surface area (Å²) in [5.41, 5.74) is 0. The highest BCUT2D eigenvalue weighted by atomic mass is 16.8. The zero-order valence-corrected chi connectivity index (χ0v) is 58.5. The molecule has 12 N–H and O–H groups in total. The average Bonchev–Trinajstić information content (AvgIpc) is 0.805. The maximum absolute atomic E-state index is 13.4. The molecule has 3 heterocycles. The van der Waals surface area contributed by atoms with Crippen LogP contribution in [0.25, 0.3) is 0 Å². The molecule has 3 aliphatic heterocycles. The summed E-state index contributed by atoms with van der Waals surface area (Å²) in [6.45, 7) is 1.81. The molecule has 0 radical (unpaired) electrons. The largest absolute Gasteiger partial charge is 0.394 e. The average molecular weight is 1330 g/mol. The molecule has 3 aliphatic rings. The Morgan fingerprint density at radius 2 is 0.677 bits per heavy atom. The second-order valence-electron chi connectivity index (χ2n) is 27.8. The van der Waals surface area contributed by atoms with Crippen molar-refractivity contribution >= 4 is 5.91 Å². The predicted octanol–water partition coefficient (Wildman–Crippen LogP) is 11.6. The number of rotatable bonds is 61. The highest BCUT2D eigenvalue weighted by Crippen LogP contribution is 2.33. The van der Waals surface area contributed by atoms with Gasteiger partial charge in [-0.05, 0) is 38.5 Å². The van der Waals surface area contributed by atoms with Crippen LogP contribution in [0.4, 0.5) is 0 Å². The van der Waals surface area contributed by atoms with E-state index in [4.69, 9.17) is 28.4 Å². The zero-order valence-electron chi connectivity index (χ0n) is 58.5. The maximum atomic E-state index is 13.4. The molecule has 19 heteroatoms. The Kier molecular flexibility index (Phi) is 51.9. The third-order valence-corrected chi connectivity index (χ3v) is 19.6. The Morgan fingerprint density at radius 3 is 1.04 bits per heavy atom. The van der Waals surface area contributed by atoms with E-state index >= 15 is 0 Å². The van der Waals surface area contributed by atoms with Gasteiger partial charge in [0, 0.05) is 6.42 Å². The molecule has 0 saturated carbocycles. The standard InChI is InChI=1S/C74H141NO18/c1-3-5-7-9-11-13-15-16-17-18-19-20-21-22-23-24-25-26-27-28-29-30-31-32-33-34-35-36-37-38-39-40-42-44-46-48-50-52-62(80)75-57(58(79)51-49-47-45-43-41-14-12-10-8-6-4-2)56-88-72-68(86)65(83)70(60(54-77)90-72)93-74-69(87)66(84)71(61(55-78)91-74)92-73-67(85)64(82)63(81)59(53-76)89-73/h18-19,57-61,63-74,76-79,81-87H,3-17,20-56H2,1-2H3,(H,75,80)/b19-18-. The minimum atomic E-state index is -1.97. The fraction of sp³-hybridized carbons (Fsp3) is 0.959. The molecule has 550 valence electrons. The van der Waals surface area contributed by atoms with Crippen LogP contribution < -0.4 is 5.32 Å². The molecule has 93 heavy (non-hydrogen) atoms. The smallest absolute Gasteiger partial charge is 0.220 e. The van der Waals surface area contributed by atoms with Crippen LogP contribution in [0.15, 0.2) is 12.2 Å². The summed E-state index contributed by atoms with van der Waals surface area (Å²) in [5, 5.41) is 121. The number of nitrogens with one attached hydrogen (secondary N) is 1. The SMILES string of the molecule is CCCCCCCCCC/C=C\CCCCCCCCCCCCCCCCCCCCCCCCCCCC(=O)NC(COC1OC(CO)C(OC2OC(CO)C(OC3OC(CO)C(O)C(O)C3O)C(O)C2O)C(O)C1O)C(O)CCCCCCCCCCCCC. The van der Waals surface area contributed by atoms with Crippen molar-refractivity contribution in [3.63, 3.8) is 0 Å². The number of carbonyl (C=O) groups is 1. The van der Waals surface area contributed by atoms with Crippen molar-refractivity contribution in [2.24, 2.45) is 0 Å². The first-order chi connectivity index (χ1) is 45.3. The van der Waals surface area contributed by atoms with E-state index in [1.807, 2.05) is 0 Å². The van der Waals surface area contributed by atoms with E-state index in [0.29, 0.717) is 12.8 Å². The molecule has 3 rings (SSSR count). The van der Waals surface area contributed by atoms with Crippen LogP contribution in [0.5, 0.6) is 0 Å². The van der Waals surface area contributed by atoms with Crippen molar-refractivity contribution in [2.75, 3.05) is 26.4 Å². The van der Waals surface area contributed by atoms with Crippen molar-refractivity contribution in [1.29, 1.82) is 0 Å². The number of aliphatic hydroxyl groups is 11. The quantitative estimate of drug-likeness (QED) is 0.0199. The Hall–Kier alpha value is -1.47. The first kappa shape index (κ1) is 85.8. The van der Waals surface area contributed by atoms with Gasteiger partial charge >= 0.3 is 0 Å². The van der Waals surface area contributed by atoms with E-state index in [1.54, 1.807) is 0 Å². The normalized spacial score (nSPS) is 27.5. The molecule has 0 aromatic heterocycles. The molecule has 0 spiro atoms. The van der Waals surface area contributed by atoms with Crippen LogP contribution in [0, 0.1) is 0 Å². The Morgan fingerprint density at radius 1 is 0.376 bits per heavy atom. The van der Waals surface area contributed by atoms with Crippen molar-refractivity contribution < 1.29 is 89.4 Å². The van der Waals surface area contributed by atoms with Crippen LogP contribution in [0.3, 0.4) is 0 Å². The first-order valence-electron chi connectivity index (χ1n) is 38.4. The Labute approximate surface area is 563 Å². The summed E-state index contributed by atoms with van der Waals surface area (Å²) in [7, 11) is 0. The monoisotopic (exact) mass is 1330 g/mol. The first-order valence-corrected chi connectivity index (χ1v) is 38.4. The molecule has 1 amide bonds. The molecular formula is C74H141NO18. The zero-order chi connectivity index (χ0) is 67.5. The second kappa shape index (κ2) is 56.3. The molecule has 3 saturated heterocycles. The van der Waals surface area contributed by atoms with Gasteiger partial charge in [-0.2, -0.15) is 0 Å². The molecule has 17 atom stereocenters. The lowest BCUT2D eigenvalue weighted by Gasteiger charge is -2.48. The summed E-state index contributed by atoms with van der Waals surface area (Å²) in [5.74, 6) is -0.237. The molecule has 3 fully saturated rings. The van der Waals surface area contributed by atoms with Gasteiger partial charge in [0.2, 0.25) is 5.91 Å². The van der Waals surface area contributed by atoms with E-state index in [2.05, 4.69) is 31.3 Å². The highest BCUT2D eigenvalue weighted by Gasteiger charge is 2.53. The van der Waals surface area contributed by atoms with Gasteiger partial charge in [0.15, 0.2) is 18.9 Å². The highest BCUT2D eigenvalue weighted by molar-refractivity contribution is 5.76. The van der Waals surface area contributed by atoms with Gasteiger partial charge in [-0.25, -0.2) is 0 Å². The Balaban J connectivity index is 1.27. The van der Waals surface area contributed by atoms with E-state index < -0.39 is 124 Å². The summed E-state index contributed by atoms with van der Waals surface area (Å²) < 4.78 is 34.4.